The van der Waals surface area contributed by atoms with Crippen LogP contribution >= 0.6 is 11.8 Å². The summed E-state index contributed by atoms with van der Waals surface area (Å²) in [6.07, 6.45) is 0.617. The number of thioether (sulfide) groups is 1. The standard InChI is InChI=1S/C20H21N3O3S/c1-3-26-19(24)14-27-20-22-21-18(13-15-9-5-4-6-10-15)23(20)16-11-7-8-12-17(16)25-2/h4-12H,3,13-14H2,1-2H3. The average Bonchev–Trinajstić information content (AvgIpc) is 3.09. The van der Waals surface area contributed by atoms with Crippen LogP contribution in [0.2, 0.25) is 0 Å². The molecule has 0 radical (unpaired) electrons. The first-order valence-corrected chi connectivity index (χ1v) is 9.61. The third-order valence-corrected chi connectivity index (χ3v) is 4.76. The molecule has 0 N–H and O–H groups in total. The molecule has 3 rings (SSSR count). The number of hydrogen-bond acceptors (Lipinski definition) is 6. The first-order chi connectivity index (χ1) is 13.2. The molecule has 3 aromatic rings. The summed E-state index contributed by atoms with van der Waals surface area (Å²) in [5, 5.41) is 9.30. The van der Waals surface area contributed by atoms with Crippen LogP contribution in [0.1, 0.15) is 18.3 Å². The highest BCUT2D eigenvalue weighted by molar-refractivity contribution is 7.99. The highest BCUT2D eigenvalue weighted by Crippen LogP contribution is 2.29. The molecule has 6 nitrogen and oxygen atoms in total. The molecule has 0 aliphatic heterocycles. The molecule has 0 aliphatic carbocycles. The molecule has 140 valence electrons. The summed E-state index contributed by atoms with van der Waals surface area (Å²) in [5.74, 6) is 1.38. The van der Waals surface area contributed by atoms with Gasteiger partial charge in [-0.1, -0.05) is 54.2 Å². The smallest absolute Gasteiger partial charge is 0.316 e. The van der Waals surface area contributed by atoms with Gasteiger partial charge >= 0.3 is 5.97 Å². The number of rotatable bonds is 8. The van der Waals surface area contributed by atoms with Gasteiger partial charge in [-0.3, -0.25) is 9.36 Å². The summed E-state index contributed by atoms with van der Waals surface area (Å²) in [7, 11) is 1.63. The van der Waals surface area contributed by atoms with Crippen LogP contribution in [0.15, 0.2) is 59.8 Å². The predicted octanol–water partition coefficient (Wildman–Crippen LogP) is 3.52. The van der Waals surface area contributed by atoms with Crippen LogP contribution in [0.4, 0.5) is 0 Å². The van der Waals surface area contributed by atoms with E-state index in [1.807, 2.05) is 59.2 Å². The highest BCUT2D eigenvalue weighted by atomic mass is 32.2. The molecule has 1 heterocycles. The zero-order chi connectivity index (χ0) is 19.1. The van der Waals surface area contributed by atoms with Crippen LogP contribution in [0.5, 0.6) is 5.75 Å². The van der Waals surface area contributed by atoms with Crippen molar-refractivity contribution in [1.29, 1.82) is 0 Å². The van der Waals surface area contributed by atoms with Gasteiger partial charge in [0.2, 0.25) is 0 Å². The zero-order valence-electron chi connectivity index (χ0n) is 15.3. The number of benzene rings is 2. The summed E-state index contributed by atoms with van der Waals surface area (Å²) in [5.41, 5.74) is 1.96. The third kappa shape index (κ3) is 4.68. The first kappa shape index (κ1) is 19.0. The van der Waals surface area contributed by atoms with Gasteiger partial charge in [0.15, 0.2) is 5.16 Å². The Morgan fingerprint density at radius 1 is 1.07 bits per heavy atom. The predicted molar refractivity (Wildman–Crippen MR) is 105 cm³/mol. The van der Waals surface area contributed by atoms with Gasteiger partial charge in [-0.15, -0.1) is 10.2 Å². The summed E-state index contributed by atoms with van der Waals surface area (Å²) >= 11 is 1.30. The molecule has 0 bridgehead atoms. The van der Waals surface area contributed by atoms with E-state index >= 15 is 0 Å². The number of methoxy groups -OCH3 is 1. The summed E-state index contributed by atoms with van der Waals surface area (Å²) < 4.78 is 12.5. The molecule has 0 fully saturated rings. The minimum Gasteiger partial charge on any atom is -0.495 e. The van der Waals surface area contributed by atoms with Crippen molar-refractivity contribution in [3.8, 4) is 11.4 Å². The molecular weight excluding hydrogens is 362 g/mol. The first-order valence-electron chi connectivity index (χ1n) is 8.63. The van der Waals surface area contributed by atoms with Crippen molar-refractivity contribution < 1.29 is 14.3 Å². The van der Waals surface area contributed by atoms with Crippen molar-refractivity contribution in [3.63, 3.8) is 0 Å². The van der Waals surface area contributed by atoms with Gasteiger partial charge in [-0.2, -0.15) is 0 Å². The molecule has 0 atom stereocenters. The van der Waals surface area contributed by atoms with Crippen LogP contribution in [-0.4, -0.2) is 40.2 Å². The summed E-state index contributed by atoms with van der Waals surface area (Å²) in [6.45, 7) is 2.15. The Labute approximate surface area is 162 Å². The zero-order valence-corrected chi connectivity index (χ0v) is 16.1. The van der Waals surface area contributed by atoms with Gasteiger partial charge in [0, 0.05) is 6.42 Å². The maximum atomic E-state index is 11.8. The number of carbonyl (C=O) groups excluding carboxylic acids is 1. The lowest BCUT2D eigenvalue weighted by atomic mass is 10.1. The topological polar surface area (TPSA) is 66.2 Å². The molecule has 0 unspecified atom stereocenters. The van der Waals surface area contributed by atoms with E-state index in [1.165, 1.54) is 11.8 Å². The second kappa shape index (κ2) is 9.23. The minimum atomic E-state index is -0.276. The molecule has 7 heteroatoms. The van der Waals surface area contributed by atoms with E-state index in [1.54, 1.807) is 14.0 Å². The summed E-state index contributed by atoms with van der Waals surface area (Å²) in [4.78, 5) is 11.8. The Hall–Kier alpha value is -2.80. The second-order valence-corrected chi connectivity index (χ2v) is 6.60. The van der Waals surface area contributed by atoms with E-state index in [0.717, 1.165) is 17.1 Å². The summed E-state index contributed by atoms with van der Waals surface area (Å²) in [6, 6.07) is 17.8. The molecule has 0 saturated heterocycles. The molecule has 1 aromatic heterocycles. The largest absolute Gasteiger partial charge is 0.495 e. The van der Waals surface area contributed by atoms with Gasteiger partial charge in [0.25, 0.3) is 0 Å². The fourth-order valence-electron chi connectivity index (χ4n) is 2.67. The van der Waals surface area contributed by atoms with Crippen LogP contribution < -0.4 is 4.74 Å². The molecule has 0 aliphatic rings. The van der Waals surface area contributed by atoms with E-state index in [-0.39, 0.29) is 11.7 Å². The Kier molecular flexibility index (Phi) is 6.49. The number of hydrogen-bond donors (Lipinski definition) is 0. The Balaban J connectivity index is 1.97. The van der Waals surface area contributed by atoms with Gasteiger partial charge in [0.05, 0.1) is 25.2 Å². The molecular formula is C20H21N3O3S. The number of carbonyl (C=O) groups is 1. The number of para-hydroxylation sites is 2. The Bertz CT molecular complexity index is 896. The van der Waals surface area contributed by atoms with E-state index in [0.29, 0.717) is 23.9 Å². The number of esters is 1. The Morgan fingerprint density at radius 2 is 1.81 bits per heavy atom. The Morgan fingerprint density at radius 3 is 2.56 bits per heavy atom. The molecule has 0 spiro atoms. The lowest BCUT2D eigenvalue weighted by molar-refractivity contribution is -0.139. The maximum absolute atomic E-state index is 11.8. The van der Waals surface area contributed by atoms with E-state index < -0.39 is 0 Å². The molecule has 27 heavy (non-hydrogen) atoms. The maximum Gasteiger partial charge on any atom is 0.316 e. The van der Waals surface area contributed by atoms with Gasteiger partial charge in [-0.25, -0.2) is 0 Å². The van der Waals surface area contributed by atoms with Crippen molar-refractivity contribution in [1.82, 2.24) is 14.8 Å². The van der Waals surface area contributed by atoms with Crippen LogP contribution in [-0.2, 0) is 16.0 Å². The third-order valence-electron chi connectivity index (χ3n) is 3.86. The molecule has 0 saturated carbocycles. The van der Waals surface area contributed by atoms with Crippen molar-refractivity contribution in [3.05, 3.63) is 66.0 Å². The number of ether oxygens (including phenoxy) is 2. The molecule has 2 aromatic carbocycles. The average molecular weight is 383 g/mol. The SMILES string of the molecule is CCOC(=O)CSc1nnc(Cc2ccccc2)n1-c1ccccc1OC. The lowest BCUT2D eigenvalue weighted by Crippen LogP contribution is -2.09. The van der Waals surface area contributed by atoms with E-state index in [2.05, 4.69) is 10.2 Å². The van der Waals surface area contributed by atoms with Crippen molar-refractivity contribution in [2.45, 2.75) is 18.5 Å². The van der Waals surface area contributed by atoms with Crippen LogP contribution in [0.25, 0.3) is 5.69 Å². The van der Waals surface area contributed by atoms with Gasteiger partial charge in [-0.05, 0) is 24.6 Å². The quantitative estimate of drug-likeness (QED) is 0.438. The number of aromatic nitrogens is 3. The van der Waals surface area contributed by atoms with Crippen molar-refractivity contribution >= 4 is 17.7 Å². The lowest BCUT2D eigenvalue weighted by Gasteiger charge is -2.13. The van der Waals surface area contributed by atoms with Gasteiger partial charge < -0.3 is 9.47 Å². The van der Waals surface area contributed by atoms with Crippen molar-refractivity contribution in [2.75, 3.05) is 19.5 Å². The fraction of sp³-hybridized carbons (Fsp3) is 0.250. The van der Waals surface area contributed by atoms with Gasteiger partial charge in [0.1, 0.15) is 11.6 Å². The second-order valence-electron chi connectivity index (χ2n) is 5.66. The van der Waals surface area contributed by atoms with E-state index in [4.69, 9.17) is 9.47 Å². The van der Waals surface area contributed by atoms with Crippen LogP contribution in [0, 0.1) is 0 Å². The van der Waals surface area contributed by atoms with E-state index in [9.17, 15) is 4.79 Å². The van der Waals surface area contributed by atoms with Crippen LogP contribution in [0.3, 0.4) is 0 Å². The monoisotopic (exact) mass is 383 g/mol. The van der Waals surface area contributed by atoms with Crippen molar-refractivity contribution in [2.24, 2.45) is 0 Å². The highest BCUT2D eigenvalue weighted by Gasteiger charge is 2.19. The fourth-order valence-corrected chi connectivity index (χ4v) is 3.43. The minimum absolute atomic E-state index is 0.173. The normalized spacial score (nSPS) is 10.6. The molecule has 0 amide bonds. The number of nitrogens with zero attached hydrogens (tertiary/aromatic N) is 3.